The molecule has 726 valence electrons. The molecule has 0 radical (unpaired) electrons. The molecule has 20 rings (SSSR count). The van der Waals surface area contributed by atoms with Crippen molar-refractivity contribution in [2.24, 2.45) is 34.5 Å². The first kappa shape index (κ1) is 97.9. The Bertz CT molecular complexity index is 7070. The van der Waals surface area contributed by atoms with E-state index in [9.17, 15) is 54.3 Å². The number of piperidine rings is 4. The van der Waals surface area contributed by atoms with Crippen molar-refractivity contribution in [2.45, 2.75) is 135 Å². The average molecular weight is 1940 g/mol. The topological polar surface area (TPSA) is 207 Å². The number of hydrogen-bond donors (Lipinski definition) is 0. The number of benzene rings is 8. The zero-order valence-electron chi connectivity index (χ0n) is 78.2. The van der Waals surface area contributed by atoms with Gasteiger partial charge in [-0.3, -0.25) is 37.4 Å². The van der Waals surface area contributed by atoms with E-state index in [0.29, 0.717) is 81.7 Å². The van der Waals surface area contributed by atoms with Gasteiger partial charge in [-0.2, -0.15) is 4.39 Å². The van der Waals surface area contributed by atoms with Gasteiger partial charge in [-0.05, 0) is 191 Å². The third-order valence-electron chi connectivity index (χ3n) is 29.4. The van der Waals surface area contributed by atoms with E-state index in [1.54, 1.807) is 36.1 Å². The minimum atomic E-state index is -1.04. The molecule has 4 saturated carbocycles. The SMILES string of the molecule is [C-]#[N+]c1ccc(-c2nc(N3CCC4(CCCC4)CC3)c(C)c(=O)n2-c2ccc(OC)c(F)c2)cc1F.[C-]#[N+]c1ccc(-c2nc(N3CCC4(CCCC4)CC3)cc(=O)n2-c2ccc(OC)c(F)c2)cc1F.[C-]#[N+]c1ccc(-c2nc(N3CCC4CCCC4C3)c(Cl)c(=O)n2-c2ccc(OC)c(F)c2)cc1F.[C-]#[N+]c1ccc(-c2nc(N3CCC4CCCC4C3)c(F)c(=O)n2-c2ccc(OC)c(F)c2)cc1F. The first-order chi connectivity index (χ1) is 68.1. The third kappa shape index (κ3) is 19.9. The lowest BCUT2D eigenvalue weighted by atomic mass is 9.77. The molecule has 0 amide bonds. The lowest BCUT2D eigenvalue weighted by molar-refractivity contribution is 0.226. The molecule has 4 atom stereocenters. The molecule has 12 aromatic rings. The minimum absolute atomic E-state index is 0.0189. The molecule has 8 heterocycles. The fourth-order valence-corrected chi connectivity index (χ4v) is 21.9. The number of methoxy groups -OCH3 is 4. The number of hydrogen-bond acceptors (Lipinski definition) is 16. The van der Waals surface area contributed by atoms with Crippen LogP contribution in [0, 0.1) is 120 Å². The van der Waals surface area contributed by atoms with Gasteiger partial charge < -0.3 is 38.5 Å². The smallest absolute Gasteiger partial charge is 0.296 e. The summed E-state index contributed by atoms with van der Waals surface area (Å²) in [5.74, 6) is -2.51. The van der Waals surface area contributed by atoms with Crippen molar-refractivity contribution in [1.29, 1.82) is 0 Å². The van der Waals surface area contributed by atoms with E-state index < -0.39 is 69.0 Å². The van der Waals surface area contributed by atoms with Crippen molar-refractivity contribution in [1.82, 2.24) is 38.2 Å². The van der Waals surface area contributed by atoms with Crippen LogP contribution in [-0.2, 0) is 0 Å². The summed E-state index contributed by atoms with van der Waals surface area (Å²) in [6.45, 7) is 36.1. The van der Waals surface area contributed by atoms with Crippen molar-refractivity contribution in [3.05, 3.63) is 302 Å². The van der Waals surface area contributed by atoms with Crippen LogP contribution in [0.2, 0.25) is 5.02 Å². The summed E-state index contributed by atoms with van der Waals surface area (Å²) in [4.78, 5) is 93.7. The number of fused-ring (bicyclic) bond motifs is 2. The van der Waals surface area contributed by atoms with E-state index in [1.807, 2.05) is 4.90 Å². The highest BCUT2D eigenvalue weighted by Gasteiger charge is 2.42. The molecule has 2 spiro atoms. The van der Waals surface area contributed by atoms with Gasteiger partial charge in [0.05, 0.1) is 83.0 Å². The van der Waals surface area contributed by atoms with Gasteiger partial charge in [0.1, 0.15) is 63.2 Å². The predicted octanol–water partition coefficient (Wildman–Crippen LogP) is 23.6. The molecular formula is C107H100ClF9N16O8. The Morgan fingerprint density at radius 1 is 0.333 bits per heavy atom. The maximum atomic E-state index is 15.5. The molecule has 8 aliphatic rings. The Hall–Kier alpha value is -14.7. The quantitative estimate of drug-likeness (QED) is 0.0651. The number of ether oxygens (including phenoxy) is 4. The largest absolute Gasteiger partial charge is 0.494 e. The summed E-state index contributed by atoms with van der Waals surface area (Å²) >= 11 is 6.59. The van der Waals surface area contributed by atoms with E-state index in [2.05, 4.69) is 34.2 Å². The van der Waals surface area contributed by atoms with Crippen LogP contribution in [0.15, 0.2) is 171 Å². The monoisotopic (exact) mass is 1940 g/mol. The molecule has 24 nitrogen and oxygen atoms in total. The number of rotatable bonds is 16. The van der Waals surface area contributed by atoms with Gasteiger partial charge in [-0.15, -0.1) is 0 Å². The van der Waals surface area contributed by atoms with E-state index in [4.69, 9.17) is 71.8 Å². The predicted molar refractivity (Wildman–Crippen MR) is 522 cm³/mol. The van der Waals surface area contributed by atoms with Crippen LogP contribution in [0.4, 0.5) is 85.5 Å². The van der Waals surface area contributed by atoms with Crippen molar-refractivity contribution in [2.75, 3.05) is 100 Å². The van der Waals surface area contributed by atoms with Gasteiger partial charge in [0.2, 0.25) is 28.6 Å². The Morgan fingerprint density at radius 2 is 0.660 bits per heavy atom. The average Bonchev–Trinajstić information content (AvgIpc) is 1.58. The number of halogens is 10. The number of aromatic nitrogens is 8. The maximum absolute atomic E-state index is 15.5. The van der Waals surface area contributed by atoms with Crippen molar-refractivity contribution in [3.63, 3.8) is 0 Å². The summed E-state index contributed by atoms with van der Waals surface area (Å²) in [7, 11) is 5.38. The molecule has 8 aromatic carbocycles. The zero-order chi connectivity index (χ0) is 99.4. The van der Waals surface area contributed by atoms with Gasteiger partial charge >= 0.3 is 0 Å². The summed E-state index contributed by atoms with van der Waals surface area (Å²) in [5.41, 5.74) is 0.154. The van der Waals surface area contributed by atoms with Crippen LogP contribution in [0.3, 0.4) is 0 Å². The molecule has 4 aliphatic heterocycles. The lowest BCUT2D eigenvalue weighted by Crippen LogP contribution is -2.41. The van der Waals surface area contributed by atoms with Crippen LogP contribution >= 0.6 is 11.6 Å². The van der Waals surface area contributed by atoms with Crippen molar-refractivity contribution in [3.8, 4) is 91.3 Å². The fraction of sp³-hybridized carbons (Fsp3) is 0.364. The van der Waals surface area contributed by atoms with Crippen LogP contribution < -0.4 is 60.8 Å². The van der Waals surface area contributed by atoms with Crippen molar-refractivity contribution < 1.29 is 58.5 Å². The second kappa shape index (κ2) is 41.8. The van der Waals surface area contributed by atoms with Crippen LogP contribution in [0.5, 0.6) is 23.0 Å². The molecule has 4 unspecified atom stereocenters. The first-order valence-electron chi connectivity index (χ1n) is 47.1. The second-order valence-corrected chi connectivity index (χ2v) is 37.6. The van der Waals surface area contributed by atoms with E-state index in [0.717, 1.165) is 132 Å². The molecule has 141 heavy (non-hydrogen) atoms. The number of anilines is 4. The van der Waals surface area contributed by atoms with Crippen LogP contribution in [0.1, 0.15) is 134 Å². The lowest BCUT2D eigenvalue weighted by Gasteiger charge is -2.40. The Balaban J connectivity index is 0.000000130. The molecule has 4 saturated heterocycles. The second-order valence-electron chi connectivity index (χ2n) is 37.2. The Morgan fingerprint density at radius 3 is 1.02 bits per heavy atom. The van der Waals surface area contributed by atoms with Crippen LogP contribution in [0.25, 0.3) is 87.7 Å². The molecule has 0 bridgehead atoms. The van der Waals surface area contributed by atoms with Gasteiger partial charge in [0, 0.05) is 105 Å². The van der Waals surface area contributed by atoms with Gasteiger partial charge in [0.15, 0.2) is 57.9 Å². The number of nitrogens with zero attached hydrogens (tertiary/aromatic N) is 16. The Kier molecular flexibility index (Phi) is 29.0. The van der Waals surface area contributed by atoms with Gasteiger partial charge in [-0.25, -0.2) is 74.4 Å². The summed E-state index contributed by atoms with van der Waals surface area (Å²) < 4.78 is 157. The van der Waals surface area contributed by atoms with Gasteiger partial charge in [0.25, 0.3) is 22.2 Å². The maximum Gasteiger partial charge on any atom is 0.296 e. The standard InChI is InChI=1S/C28H28F2N4O2.C27H26F2N4O2.C26H23ClF2N4O2.C26H23F3N4O2/c1-18-25(33-14-12-28(13-15-33)10-4-5-11-28)32-26(19-6-8-23(31-2)21(29)16-19)34(27(18)35)20-7-9-24(36-3)22(30)17-20;1-30-22-7-5-18(15-20(22)28)26-31-24(32-13-11-27(12-14-32)9-3-4-10-27)17-25(34)33(26)19-6-8-23(35-2)21(29)16-19;1-30-21-8-6-16(12-19(21)28)24-31-25(32-11-10-15-4-3-5-17(15)14-32)23(27)26(34)33(24)18-7-9-22(35-2)20(29)13-18;1-30-21-8-6-16(12-19(21)27)24-31-25(32-11-10-15-4-3-5-17(15)14-32)23(29)26(34)33(24)18-7-9-22(35-2)20(28)13-18/h6-9,16-17H,4-5,10-15H2,1,3H3;5-8,15-17H,3-4,9-14H2,2H3;2*6-9,12-13,15,17H,3-5,10-11,14H2,2H3. The zero-order valence-corrected chi connectivity index (χ0v) is 79.0. The van der Waals surface area contributed by atoms with E-state index in [1.165, 1.54) is 209 Å². The third-order valence-corrected chi connectivity index (χ3v) is 29.7. The summed E-state index contributed by atoms with van der Waals surface area (Å²) in [6, 6.07) is 33.8. The van der Waals surface area contributed by atoms with Crippen LogP contribution in [-0.4, -0.2) is 119 Å². The van der Waals surface area contributed by atoms with Gasteiger partial charge in [-0.1, -0.05) is 111 Å². The summed E-state index contributed by atoms with van der Waals surface area (Å²) in [5, 5.41) is -0.0697. The molecule has 8 fully saturated rings. The molecular weight excluding hydrogens is 1840 g/mol. The highest BCUT2D eigenvalue weighted by atomic mass is 35.5. The normalized spacial score (nSPS) is 18.1. The highest BCUT2D eigenvalue weighted by Crippen LogP contribution is 2.50. The van der Waals surface area contributed by atoms with E-state index >= 15 is 4.39 Å². The highest BCUT2D eigenvalue weighted by molar-refractivity contribution is 6.32. The fourth-order valence-electron chi connectivity index (χ4n) is 21.7. The van der Waals surface area contributed by atoms with Crippen molar-refractivity contribution >= 4 is 57.6 Å². The van der Waals surface area contributed by atoms with E-state index in [-0.39, 0.29) is 119 Å². The molecule has 4 aliphatic carbocycles. The minimum Gasteiger partial charge on any atom is -0.494 e. The molecule has 0 N–H and O–H groups in total. The first-order valence-corrected chi connectivity index (χ1v) is 47.5. The molecule has 34 heteroatoms. The Labute approximate surface area is 813 Å². The molecule has 4 aromatic heterocycles. The summed E-state index contributed by atoms with van der Waals surface area (Å²) in [6.07, 6.45) is 23.2.